The minimum absolute atomic E-state index is 0.586. The van der Waals surface area contributed by atoms with Crippen molar-refractivity contribution in [1.82, 2.24) is 9.78 Å². The van der Waals surface area contributed by atoms with Gasteiger partial charge in [-0.1, -0.05) is 13.8 Å². The van der Waals surface area contributed by atoms with E-state index in [0.29, 0.717) is 11.8 Å². The molecule has 1 rings (SSSR count). The van der Waals surface area contributed by atoms with Gasteiger partial charge in [-0.3, -0.25) is 0 Å². The summed E-state index contributed by atoms with van der Waals surface area (Å²) in [5, 5.41) is 7.63. The van der Waals surface area contributed by atoms with Crippen LogP contribution < -0.4 is 15.8 Å². The molecule has 18 heavy (non-hydrogen) atoms. The minimum atomic E-state index is 0.586. The molecule has 0 aliphatic heterocycles. The number of anilines is 1. The summed E-state index contributed by atoms with van der Waals surface area (Å²) in [5.41, 5.74) is 5.78. The van der Waals surface area contributed by atoms with Crippen LogP contribution in [0.3, 0.4) is 0 Å². The van der Waals surface area contributed by atoms with Crippen LogP contribution in [0.15, 0.2) is 6.07 Å². The number of aryl methyl sites for hydroxylation is 1. The third-order valence-corrected chi connectivity index (χ3v) is 3.04. The molecule has 0 aliphatic rings. The van der Waals surface area contributed by atoms with Crippen LogP contribution in [0.5, 0.6) is 5.88 Å². The maximum Gasteiger partial charge on any atom is 0.213 e. The molecule has 0 saturated heterocycles. The smallest absolute Gasteiger partial charge is 0.213 e. The van der Waals surface area contributed by atoms with Gasteiger partial charge in [0.25, 0.3) is 0 Å². The van der Waals surface area contributed by atoms with Crippen molar-refractivity contribution < 1.29 is 4.74 Å². The fraction of sp³-hybridized carbons (Fsp3) is 0.769. The standard InChI is InChI=1S/C13H26N4O/c1-10(2)7-11(9-14)5-6-15-12-8-13(18-4)17(3)16-12/h8,10-11H,5-7,9,14H2,1-4H3,(H,15,16). The Kier molecular flexibility index (Phi) is 5.98. The molecule has 104 valence electrons. The molecule has 0 bridgehead atoms. The van der Waals surface area contributed by atoms with Crippen molar-refractivity contribution in [3.05, 3.63) is 6.07 Å². The maximum absolute atomic E-state index is 5.78. The molecule has 5 heteroatoms. The number of nitrogens with two attached hydrogens (primary N) is 1. The highest BCUT2D eigenvalue weighted by Gasteiger charge is 2.09. The van der Waals surface area contributed by atoms with E-state index in [4.69, 9.17) is 10.5 Å². The molecular formula is C13H26N4O. The zero-order valence-electron chi connectivity index (χ0n) is 11.9. The van der Waals surface area contributed by atoms with E-state index in [1.807, 2.05) is 13.1 Å². The van der Waals surface area contributed by atoms with Crippen LogP contribution in [0.1, 0.15) is 26.7 Å². The summed E-state index contributed by atoms with van der Waals surface area (Å²) in [6.45, 7) is 6.12. The zero-order valence-corrected chi connectivity index (χ0v) is 11.9. The third-order valence-electron chi connectivity index (χ3n) is 3.04. The number of aromatic nitrogens is 2. The second-order valence-electron chi connectivity index (χ2n) is 5.14. The first-order chi connectivity index (χ1) is 8.56. The Balaban J connectivity index is 2.35. The van der Waals surface area contributed by atoms with E-state index in [1.54, 1.807) is 11.8 Å². The summed E-state index contributed by atoms with van der Waals surface area (Å²) in [5.74, 6) is 2.90. The van der Waals surface area contributed by atoms with E-state index < -0.39 is 0 Å². The Labute approximate surface area is 110 Å². The maximum atomic E-state index is 5.78. The number of nitrogens with zero attached hydrogens (tertiary/aromatic N) is 2. The highest BCUT2D eigenvalue weighted by atomic mass is 16.5. The summed E-state index contributed by atoms with van der Waals surface area (Å²) in [7, 11) is 3.51. The summed E-state index contributed by atoms with van der Waals surface area (Å²) in [4.78, 5) is 0. The molecule has 1 aromatic heterocycles. The van der Waals surface area contributed by atoms with E-state index in [2.05, 4.69) is 24.3 Å². The van der Waals surface area contributed by atoms with Crippen LogP contribution in [-0.4, -0.2) is 30.0 Å². The van der Waals surface area contributed by atoms with Gasteiger partial charge >= 0.3 is 0 Å². The molecule has 0 radical (unpaired) electrons. The lowest BCUT2D eigenvalue weighted by molar-refractivity contribution is 0.373. The van der Waals surface area contributed by atoms with Crippen LogP contribution in [0.4, 0.5) is 5.82 Å². The number of hydrogen-bond donors (Lipinski definition) is 2. The van der Waals surface area contributed by atoms with Gasteiger partial charge in [-0.25, -0.2) is 4.68 Å². The Morgan fingerprint density at radius 3 is 2.72 bits per heavy atom. The molecule has 0 saturated carbocycles. The van der Waals surface area contributed by atoms with E-state index in [1.165, 1.54) is 6.42 Å². The van der Waals surface area contributed by atoms with Gasteiger partial charge in [0.05, 0.1) is 7.11 Å². The predicted octanol–water partition coefficient (Wildman–Crippen LogP) is 1.85. The van der Waals surface area contributed by atoms with Gasteiger partial charge in [-0.05, 0) is 31.2 Å². The topological polar surface area (TPSA) is 65.1 Å². The fourth-order valence-electron chi connectivity index (χ4n) is 2.13. The average molecular weight is 254 g/mol. The van der Waals surface area contributed by atoms with Crippen molar-refractivity contribution in [2.24, 2.45) is 24.6 Å². The van der Waals surface area contributed by atoms with Gasteiger partial charge in [-0.2, -0.15) is 5.10 Å². The number of rotatable bonds is 8. The van der Waals surface area contributed by atoms with Gasteiger partial charge in [0, 0.05) is 19.7 Å². The van der Waals surface area contributed by atoms with E-state index in [9.17, 15) is 0 Å². The molecule has 0 aromatic carbocycles. The van der Waals surface area contributed by atoms with Crippen LogP contribution in [0, 0.1) is 11.8 Å². The van der Waals surface area contributed by atoms with Crippen molar-refractivity contribution in [3.63, 3.8) is 0 Å². The molecule has 0 aliphatic carbocycles. The van der Waals surface area contributed by atoms with Crippen molar-refractivity contribution in [3.8, 4) is 5.88 Å². The van der Waals surface area contributed by atoms with E-state index in [0.717, 1.165) is 31.2 Å². The van der Waals surface area contributed by atoms with E-state index >= 15 is 0 Å². The quantitative estimate of drug-likeness (QED) is 0.743. The SMILES string of the molecule is COc1cc(NCCC(CN)CC(C)C)nn1C. The summed E-state index contributed by atoms with van der Waals surface area (Å²) < 4.78 is 6.89. The molecule has 5 nitrogen and oxygen atoms in total. The second-order valence-corrected chi connectivity index (χ2v) is 5.14. The summed E-state index contributed by atoms with van der Waals surface area (Å²) in [6.07, 6.45) is 2.26. The Morgan fingerprint density at radius 2 is 2.22 bits per heavy atom. The van der Waals surface area contributed by atoms with Crippen LogP contribution in [-0.2, 0) is 7.05 Å². The van der Waals surface area contributed by atoms with Crippen LogP contribution in [0.2, 0.25) is 0 Å². The van der Waals surface area contributed by atoms with E-state index in [-0.39, 0.29) is 0 Å². The fourth-order valence-corrected chi connectivity index (χ4v) is 2.13. The Hall–Kier alpha value is -1.23. The minimum Gasteiger partial charge on any atom is -0.481 e. The van der Waals surface area contributed by atoms with Crippen molar-refractivity contribution in [1.29, 1.82) is 0 Å². The average Bonchev–Trinajstić information content (AvgIpc) is 2.68. The normalized spacial score (nSPS) is 12.8. The van der Waals surface area contributed by atoms with Crippen molar-refractivity contribution in [2.75, 3.05) is 25.5 Å². The van der Waals surface area contributed by atoms with Gasteiger partial charge in [0.15, 0.2) is 5.82 Å². The summed E-state index contributed by atoms with van der Waals surface area (Å²) >= 11 is 0. The first-order valence-corrected chi connectivity index (χ1v) is 6.58. The zero-order chi connectivity index (χ0) is 13.5. The van der Waals surface area contributed by atoms with Gasteiger partial charge in [-0.15, -0.1) is 0 Å². The molecule has 1 heterocycles. The lowest BCUT2D eigenvalue weighted by atomic mass is 9.94. The highest BCUT2D eigenvalue weighted by molar-refractivity contribution is 5.38. The number of nitrogens with one attached hydrogen (secondary N) is 1. The molecule has 0 fully saturated rings. The highest BCUT2D eigenvalue weighted by Crippen LogP contribution is 2.17. The molecule has 0 spiro atoms. The molecule has 3 N–H and O–H groups in total. The van der Waals surface area contributed by atoms with Gasteiger partial charge < -0.3 is 15.8 Å². The molecule has 1 unspecified atom stereocenters. The largest absolute Gasteiger partial charge is 0.481 e. The summed E-state index contributed by atoms with van der Waals surface area (Å²) in [6, 6.07) is 1.90. The van der Waals surface area contributed by atoms with Crippen molar-refractivity contribution >= 4 is 5.82 Å². The van der Waals surface area contributed by atoms with Gasteiger partial charge in [0.2, 0.25) is 5.88 Å². The molecule has 1 atom stereocenters. The first kappa shape index (κ1) is 14.8. The lowest BCUT2D eigenvalue weighted by Crippen LogP contribution is -2.19. The predicted molar refractivity (Wildman–Crippen MR) is 74.9 cm³/mol. The van der Waals surface area contributed by atoms with Gasteiger partial charge in [0.1, 0.15) is 0 Å². The number of ether oxygens (including phenoxy) is 1. The lowest BCUT2D eigenvalue weighted by Gasteiger charge is -2.16. The molecule has 0 amide bonds. The Morgan fingerprint density at radius 1 is 1.50 bits per heavy atom. The second kappa shape index (κ2) is 7.26. The molecular weight excluding hydrogens is 228 g/mol. The van der Waals surface area contributed by atoms with Crippen molar-refractivity contribution in [2.45, 2.75) is 26.7 Å². The van der Waals surface area contributed by atoms with Crippen LogP contribution in [0.25, 0.3) is 0 Å². The monoisotopic (exact) mass is 254 g/mol. The Bertz CT molecular complexity index is 349. The first-order valence-electron chi connectivity index (χ1n) is 6.58. The number of hydrogen-bond acceptors (Lipinski definition) is 4. The number of methoxy groups -OCH3 is 1. The third kappa shape index (κ3) is 4.56. The molecule has 1 aromatic rings. The van der Waals surface area contributed by atoms with Crippen LogP contribution >= 0.6 is 0 Å².